The number of β-amino-alcohol motifs (C(OH)–C–C–N with tert-alkyl or cyclic N) is 1. The van der Waals surface area contributed by atoms with Gasteiger partial charge in [-0.1, -0.05) is 0 Å². The molecule has 0 aromatic rings. The van der Waals surface area contributed by atoms with Gasteiger partial charge in [0.1, 0.15) is 6.10 Å². The molecule has 1 N–H and O–H groups in total. The number of hydrogen-bond donors (Lipinski definition) is 1. The van der Waals surface area contributed by atoms with Crippen LogP contribution in [0, 0.1) is 0 Å². The molecule has 0 aromatic heterocycles. The van der Waals surface area contributed by atoms with Gasteiger partial charge in [-0.25, -0.2) is 0 Å². The molecule has 2 saturated heterocycles. The molecule has 104 valence electrons. The summed E-state index contributed by atoms with van der Waals surface area (Å²) < 4.78 is 5.41. The molecule has 0 bridgehead atoms. The van der Waals surface area contributed by atoms with Crippen LogP contribution in [0.4, 0.5) is 0 Å². The predicted octanol–water partition coefficient (Wildman–Crippen LogP) is -0.0907. The van der Waals surface area contributed by atoms with Crippen LogP contribution in [0.3, 0.4) is 0 Å². The second-order valence-electron chi connectivity index (χ2n) is 4.94. The molecule has 1 amide bonds. The van der Waals surface area contributed by atoms with Crippen molar-refractivity contribution in [2.75, 3.05) is 45.2 Å². The number of ether oxygens (including phenoxy) is 1. The SMILES string of the molecule is O=C(C1CCCO1)N1CCN(CC(O)CCl)CC1. The van der Waals surface area contributed by atoms with Crippen molar-refractivity contribution in [3.05, 3.63) is 0 Å². The lowest BCUT2D eigenvalue weighted by Crippen LogP contribution is -2.52. The zero-order valence-electron chi connectivity index (χ0n) is 10.6. The van der Waals surface area contributed by atoms with Crippen LogP contribution in [0.5, 0.6) is 0 Å². The predicted molar refractivity (Wildman–Crippen MR) is 68.7 cm³/mol. The fraction of sp³-hybridized carbons (Fsp3) is 0.917. The Bertz CT molecular complexity index is 276. The van der Waals surface area contributed by atoms with E-state index in [-0.39, 0.29) is 17.9 Å². The molecule has 0 spiro atoms. The van der Waals surface area contributed by atoms with Gasteiger partial charge in [0.15, 0.2) is 0 Å². The fourth-order valence-electron chi connectivity index (χ4n) is 2.47. The fourth-order valence-corrected chi connectivity index (χ4v) is 2.57. The Morgan fingerprint density at radius 2 is 2.11 bits per heavy atom. The summed E-state index contributed by atoms with van der Waals surface area (Å²) in [5, 5.41) is 9.48. The molecule has 0 aromatic carbocycles. The molecule has 2 aliphatic heterocycles. The Hall–Kier alpha value is -0.360. The molecule has 18 heavy (non-hydrogen) atoms. The first-order valence-electron chi connectivity index (χ1n) is 6.57. The van der Waals surface area contributed by atoms with Gasteiger partial charge in [0.05, 0.1) is 6.10 Å². The lowest BCUT2D eigenvalue weighted by molar-refractivity contribution is -0.142. The van der Waals surface area contributed by atoms with Crippen molar-refractivity contribution in [2.24, 2.45) is 0 Å². The second kappa shape index (κ2) is 6.70. The van der Waals surface area contributed by atoms with Crippen molar-refractivity contribution in [3.63, 3.8) is 0 Å². The summed E-state index contributed by atoms with van der Waals surface area (Å²) in [4.78, 5) is 16.1. The molecule has 6 heteroatoms. The van der Waals surface area contributed by atoms with E-state index in [0.717, 1.165) is 25.9 Å². The molecule has 2 unspecified atom stereocenters. The smallest absolute Gasteiger partial charge is 0.251 e. The number of rotatable bonds is 4. The summed E-state index contributed by atoms with van der Waals surface area (Å²) in [5.74, 6) is 0.389. The van der Waals surface area contributed by atoms with E-state index < -0.39 is 6.10 Å². The third-order valence-electron chi connectivity index (χ3n) is 3.54. The highest BCUT2D eigenvalue weighted by Crippen LogP contribution is 2.16. The molecule has 2 aliphatic rings. The second-order valence-corrected chi connectivity index (χ2v) is 5.24. The Kier molecular flexibility index (Phi) is 5.24. The normalized spacial score (nSPS) is 27.4. The van der Waals surface area contributed by atoms with Crippen molar-refractivity contribution >= 4 is 17.5 Å². The molecule has 0 radical (unpaired) electrons. The van der Waals surface area contributed by atoms with E-state index in [1.165, 1.54) is 0 Å². The topological polar surface area (TPSA) is 53.0 Å². The van der Waals surface area contributed by atoms with Crippen LogP contribution in [0.1, 0.15) is 12.8 Å². The summed E-state index contributed by atoms with van der Waals surface area (Å²) in [6.07, 6.45) is 1.14. The van der Waals surface area contributed by atoms with Gasteiger partial charge < -0.3 is 14.7 Å². The minimum Gasteiger partial charge on any atom is -0.391 e. The van der Waals surface area contributed by atoms with Gasteiger partial charge >= 0.3 is 0 Å². The van der Waals surface area contributed by atoms with E-state index in [1.54, 1.807) is 0 Å². The number of nitrogens with zero attached hydrogens (tertiary/aromatic N) is 2. The third kappa shape index (κ3) is 3.57. The Labute approximate surface area is 113 Å². The van der Waals surface area contributed by atoms with Gasteiger partial charge in [0.2, 0.25) is 0 Å². The molecular formula is C12H21ClN2O3. The minimum absolute atomic E-state index is 0.130. The highest BCUT2D eigenvalue weighted by Gasteiger charge is 2.30. The number of aliphatic hydroxyl groups is 1. The number of piperazine rings is 1. The molecule has 2 rings (SSSR count). The van der Waals surface area contributed by atoms with Gasteiger partial charge in [0.25, 0.3) is 5.91 Å². The van der Waals surface area contributed by atoms with Gasteiger partial charge in [-0.3, -0.25) is 9.69 Å². The summed E-state index contributed by atoms with van der Waals surface area (Å²) >= 11 is 5.58. The first-order chi connectivity index (χ1) is 8.70. The van der Waals surface area contributed by atoms with Crippen LogP contribution < -0.4 is 0 Å². The standard InChI is InChI=1S/C12H21ClN2O3/c13-8-10(16)9-14-3-5-15(6-4-14)12(17)11-2-1-7-18-11/h10-11,16H,1-9H2. The van der Waals surface area contributed by atoms with E-state index in [4.69, 9.17) is 16.3 Å². The van der Waals surface area contributed by atoms with Crippen molar-refractivity contribution in [2.45, 2.75) is 25.0 Å². The van der Waals surface area contributed by atoms with Gasteiger partial charge in [-0.05, 0) is 12.8 Å². The molecular weight excluding hydrogens is 256 g/mol. The number of carbonyl (C=O) groups is 1. The zero-order chi connectivity index (χ0) is 13.0. The number of halogens is 1. The molecule has 0 aliphatic carbocycles. The summed E-state index contributed by atoms with van der Waals surface area (Å²) in [7, 11) is 0. The van der Waals surface area contributed by atoms with Crippen LogP contribution in [-0.4, -0.2) is 78.2 Å². The highest BCUT2D eigenvalue weighted by molar-refractivity contribution is 6.18. The summed E-state index contributed by atoms with van der Waals surface area (Å²) in [6, 6.07) is 0. The van der Waals surface area contributed by atoms with Crippen LogP contribution in [-0.2, 0) is 9.53 Å². The summed E-state index contributed by atoms with van der Waals surface area (Å²) in [5.41, 5.74) is 0. The molecule has 2 heterocycles. The van der Waals surface area contributed by atoms with Crippen molar-refractivity contribution in [1.82, 2.24) is 9.80 Å². The number of amides is 1. The van der Waals surface area contributed by atoms with E-state index in [0.29, 0.717) is 26.2 Å². The summed E-state index contributed by atoms with van der Waals surface area (Å²) in [6.45, 7) is 4.32. The van der Waals surface area contributed by atoms with E-state index in [2.05, 4.69) is 4.90 Å². The Balaban J connectivity index is 1.74. The number of alkyl halides is 1. The lowest BCUT2D eigenvalue weighted by atomic mass is 10.2. The van der Waals surface area contributed by atoms with Gasteiger partial charge in [-0.15, -0.1) is 11.6 Å². The average Bonchev–Trinajstić information content (AvgIpc) is 2.92. The maximum Gasteiger partial charge on any atom is 0.251 e. The van der Waals surface area contributed by atoms with Crippen molar-refractivity contribution < 1.29 is 14.6 Å². The third-order valence-corrected chi connectivity index (χ3v) is 3.89. The average molecular weight is 277 g/mol. The minimum atomic E-state index is -0.480. The van der Waals surface area contributed by atoms with E-state index in [9.17, 15) is 9.90 Å². The molecule has 0 saturated carbocycles. The number of hydrogen-bond acceptors (Lipinski definition) is 4. The van der Waals surface area contributed by atoms with Gasteiger partial charge in [-0.2, -0.15) is 0 Å². The Morgan fingerprint density at radius 3 is 2.67 bits per heavy atom. The van der Waals surface area contributed by atoms with Gasteiger partial charge in [0, 0.05) is 45.2 Å². The molecule has 2 atom stereocenters. The Morgan fingerprint density at radius 1 is 1.39 bits per heavy atom. The van der Waals surface area contributed by atoms with E-state index in [1.807, 2.05) is 4.90 Å². The number of aliphatic hydroxyl groups excluding tert-OH is 1. The lowest BCUT2D eigenvalue weighted by Gasteiger charge is -2.36. The first kappa shape index (κ1) is 14.1. The van der Waals surface area contributed by atoms with Crippen molar-refractivity contribution in [3.8, 4) is 0 Å². The van der Waals surface area contributed by atoms with E-state index >= 15 is 0 Å². The largest absolute Gasteiger partial charge is 0.391 e. The highest BCUT2D eigenvalue weighted by atomic mass is 35.5. The number of carbonyl (C=O) groups excluding carboxylic acids is 1. The quantitative estimate of drug-likeness (QED) is 0.729. The first-order valence-corrected chi connectivity index (χ1v) is 7.11. The zero-order valence-corrected chi connectivity index (χ0v) is 11.3. The monoisotopic (exact) mass is 276 g/mol. The van der Waals surface area contributed by atoms with Crippen LogP contribution >= 0.6 is 11.6 Å². The molecule has 5 nitrogen and oxygen atoms in total. The maximum atomic E-state index is 12.1. The van der Waals surface area contributed by atoms with Crippen LogP contribution in [0.2, 0.25) is 0 Å². The van der Waals surface area contributed by atoms with Crippen LogP contribution in [0.15, 0.2) is 0 Å². The van der Waals surface area contributed by atoms with Crippen LogP contribution in [0.25, 0.3) is 0 Å². The van der Waals surface area contributed by atoms with Crippen molar-refractivity contribution in [1.29, 1.82) is 0 Å². The maximum absolute atomic E-state index is 12.1. The molecule has 2 fully saturated rings.